The lowest BCUT2D eigenvalue weighted by Crippen LogP contribution is -2.65. The zero-order valence-electron chi connectivity index (χ0n) is 22.7. The smallest absolute Gasteiger partial charge is 0.333 e. The van der Waals surface area contributed by atoms with Crippen LogP contribution in [0.5, 0.6) is 0 Å². The van der Waals surface area contributed by atoms with Crippen LogP contribution in [0.4, 0.5) is 16.2 Å². The second-order valence-electron chi connectivity index (χ2n) is 11.4. The third-order valence-electron chi connectivity index (χ3n) is 8.26. The minimum atomic E-state index is -2.64. The Labute approximate surface area is 230 Å². The van der Waals surface area contributed by atoms with Crippen molar-refractivity contribution < 1.29 is 34.5 Å². The van der Waals surface area contributed by atoms with Crippen LogP contribution in [0.2, 0.25) is 0 Å². The number of Topliss-reactive ketones (excluding diaryl/α,β-unsaturated/α-hetero) is 2. The van der Waals surface area contributed by atoms with E-state index >= 15 is 0 Å². The van der Waals surface area contributed by atoms with E-state index in [-0.39, 0.29) is 30.0 Å². The number of nitrogens with one attached hydrogen (secondary N) is 3. The summed E-state index contributed by atoms with van der Waals surface area (Å²) in [5.74, 6) is -6.21. The van der Waals surface area contributed by atoms with Gasteiger partial charge in [-0.15, -0.1) is 0 Å². The highest BCUT2D eigenvalue weighted by Gasteiger charge is 2.64. The van der Waals surface area contributed by atoms with E-state index < -0.39 is 64.1 Å². The number of rotatable bonds is 6. The molecule has 4 aliphatic rings. The van der Waals surface area contributed by atoms with Crippen LogP contribution in [0, 0.1) is 11.8 Å². The standard InChI is InChI=1S/C27H34N6O7/c1-32(2)17-10-13(29-26(39)31-30-12-5-6-12)9-15-14(17)7-11-8-16-20(33(3)4)22(35)19(25(28)38)24(37)27(16,40)23(36)18(11)21(15)34/h9-12,16,20,30,34,37,40H,5-8H2,1-4H3,(H2,28,38)(H2,29,31,39)/t11?,16?,20-,27-/m0/s1. The first-order chi connectivity index (χ1) is 18.8. The second kappa shape index (κ2) is 9.61. The molecule has 2 saturated carbocycles. The Balaban J connectivity index is 1.61. The predicted octanol–water partition coefficient (Wildman–Crippen LogP) is 0.113. The van der Waals surface area contributed by atoms with Gasteiger partial charge in [-0.1, -0.05) is 0 Å². The molecular weight excluding hydrogens is 520 g/mol. The zero-order chi connectivity index (χ0) is 29.3. The molecule has 0 spiro atoms. The molecule has 4 atom stereocenters. The maximum absolute atomic E-state index is 14.0. The molecular formula is C27H34N6O7. The molecule has 4 aliphatic carbocycles. The fourth-order valence-corrected chi connectivity index (χ4v) is 6.25. The molecule has 5 rings (SSSR count). The van der Waals surface area contributed by atoms with E-state index in [9.17, 15) is 34.5 Å². The van der Waals surface area contributed by atoms with Gasteiger partial charge in [-0.3, -0.25) is 24.7 Å². The lowest BCUT2D eigenvalue weighted by Gasteiger charge is -2.50. The van der Waals surface area contributed by atoms with Crippen molar-refractivity contribution >= 4 is 40.6 Å². The molecule has 1 aromatic carbocycles. The molecule has 2 unspecified atom stereocenters. The molecule has 0 aromatic heterocycles. The summed E-state index contributed by atoms with van der Waals surface area (Å²) in [6.07, 6.45) is 2.30. The van der Waals surface area contributed by atoms with E-state index in [1.165, 1.54) is 4.90 Å². The highest BCUT2D eigenvalue weighted by Crippen LogP contribution is 2.52. The number of amides is 3. The molecule has 13 nitrogen and oxygen atoms in total. The first-order valence-corrected chi connectivity index (χ1v) is 13.1. The maximum atomic E-state index is 14.0. The number of aliphatic hydroxyl groups excluding tert-OH is 2. The average Bonchev–Trinajstić information content (AvgIpc) is 3.69. The second-order valence-corrected chi connectivity index (χ2v) is 11.4. The van der Waals surface area contributed by atoms with Crippen LogP contribution in [-0.4, -0.2) is 89.6 Å². The molecule has 214 valence electrons. The molecule has 1 aromatic rings. The van der Waals surface area contributed by atoms with E-state index in [4.69, 9.17) is 5.73 Å². The summed E-state index contributed by atoms with van der Waals surface area (Å²) < 4.78 is 0. The van der Waals surface area contributed by atoms with Crippen LogP contribution in [0.1, 0.15) is 30.4 Å². The summed E-state index contributed by atoms with van der Waals surface area (Å²) >= 11 is 0. The van der Waals surface area contributed by atoms with Gasteiger partial charge in [-0.2, -0.15) is 0 Å². The molecule has 0 bridgehead atoms. The summed E-state index contributed by atoms with van der Waals surface area (Å²) in [6, 6.07) is 1.93. The summed E-state index contributed by atoms with van der Waals surface area (Å²) in [4.78, 5) is 55.0. The van der Waals surface area contributed by atoms with Crippen molar-refractivity contribution in [2.24, 2.45) is 17.6 Å². The van der Waals surface area contributed by atoms with Crippen LogP contribution in [0.25, 0.3) is 5.76 Å². The van der Waals surface area contributed by atoms with Gasteiger partial charge in [0.15, 0.2) is 11.4 Å². The van der Waals surface area contributed by atoms with Crippen molar-refractivity contribution in [1.29, 1.82) is 0 Å². The number of carbonyl (C=O) groups excluding carboxylic acids is 4. The van der Waals surface area contributed by atoms with Crippen LogP contribution < -0.4 is 26.8 Å². The Morgan fingerprint density at radius 1 is 1.10 bits per heavy atom. The molecule has 2 fully saturated rings. The number of benzene rings is 1. The van der Waals surface area contributed by atoms with Gasteiger partial charge in [0.25, 0.3) is 5.91 Å². The minimum Gasteiger partial charge on any atom is -0.508 e. The number of hydrogen-bond acceptors (Lipinski definition) is 10. The van der Waals surface area contributed by atoms with Crippen molar-refractivity contribution in [3.8, 4) is 0 Å². The van der Waals surface area contributed by atoms with E-state index in [1.54, 1.807) is 26.2 Å². The molecule has 8 N–H and O–H groups in total. The Bertz CT molecular complexity index is 1400. The minimum absolute atomic E-state index is 0.0634. The predicted molar refractivity (Wildman–Crippen MR) is 145 cm³/mol. The fourth-order valence-electron chi connectivity index (χ4n) is 6.25. The summed E-state index contributed by atoms with van der Waals surface area (Å²) in [6.45, 7) is 0. The normalized spacial score (nSPS) is 27.7. The maximum Gasteiger partial charge on any atom is 0.333 e. The third-order valence-corrected chi connectivity index (χ3v) is 8.26. The summed E-state index contributed by atoms with van der Waals surface area (Å²) in [5, 5.41) is 36.9. The monoisotopic (exact) mass is 554 g/mol. The zero-order valence-corrected chi connectivity index (χ0v) is 22.7. The quantitative estimate of drug-likeness (QED) is 0.187. The fraction of sp³-hybridized carbons (Fsp3) is 0.481. The number of ketones is 2. The van der Waals surface area contributed by atoms with Gasteiger partial charge in [-0.05, 0) is 63.4 Å². The van der Waals surface area contributed by atoms with Crippen LogP contribution in [0.3, 0.4) is 0 Å². The number of aliphatic hydroxyl groups is 3. The average molecular weight is 555 g/mol. The van der Waals surface area contributed by atoms with Crippen molar-refractivity contribution in [3.63, 3.8) is 0 Å². The Morgan fingerprint density at radius 3 is 2.35 bits per heavy atom. The Morgan fingerprint density at radius 2 is 1.77 bits per heavy atom. The highest BCUT2D eigenvalue weighted by molar-refractivity contribution is 6.24. The number of primary amides is 1. The number of urea groups is 1. The van der Waals surface area contributed by atoms with Crippen LogP contribution in [-0.2, 0) is 20.8 Å². The van der Waals surface area contributed by atoms with Gasteiger partial charge in [-0.25, -0.2) is 10.2 Å². The number of carbonyl (C=O) groups is 4. The largest absolute Gasteiger partial charge is 0.508 e. The number of fused-ring (bicyclic) bond motifs is 3. The van der Waals surface area contributed by atoms with Crippen molar-refractivity contribution in [1.82, 2.24) is 15.8 Å². The Hall–Kier alpha value is -3.94. The summed E-state index contributed by atoms with van der Waals surface area (Å²) in [5.41, 5.74) is 9.33. The van der Waals surface area contributed by atoms with Gasteiger partial charge in [0, 0.05) is 48.6 Å². The van der Waals surface area contributed by atoms with Crippen molar-refractivity contribution in [2.45, 2.75) is 43.4 Å². The molecule has 13 heteroatoms. The Kier molecular flexibility index (Phi) is 6.63. The van der Waals surface area contributed by atoms with E-state index in [1.807, 2.05) is 19.0 Å². The topological polar surface area (TPSA) is 198 Å². The first-order valence-electron chi connectivity index (χ1n) is 13.1. The number of anilines is 2. The number of nitrogens with zero attached hydrogens (tertiary/aromatic N) is 2. The van der Waals surface area contributed by atoms with Gasteiger partial charge in [0.2, 0.25) is 5.78 Å². The van der Waals surface area contributed by atoms with Crippen molar-refractivity contribution in [3.05, 3.63) is 40.2 Å². The molecule has 0 saturated heterocycles. The molecule has 40 heavy (non-hydrogen) atoms. The van der Waals surface area contributed by atoms with Gasteiger partial charge < -0.3 is 31.3 Å². The number of hydrazine groups is 1. The number of hydrogen-bond donors (Lipinski definition) is 7. The first kappa shape index (κ1) is 27.6. The number of likely N-dealkylation sites (N-methyl/N-ethyl adjacent to an activating group) is 1. The highest BCUT2D eigenvalue weighted by atomic mass is 16.3. The lowest BCUT2D eigenvalue weighted by molar-refractivity contribution is -0.153. The third kappa shape index (κ3) is 4.21. The summed E-state index contributed by atoms with van der Waals surface area (Å²) in [7, 11) is 6.77. The number of nitrogens with two attached hydrogens (primary N) is 1. The van der Waals surface area contributed by atoms with E-state index in [0.717, 1.165) is 18.4 Å². The van der Waals surface area contributed by atoms with Crippen LogP contribution >= 0.6 is 0 Å². The molecule has 3 amide bonds. The SMILES string of the molecule is CN(C)c1cc(NC(=O)NNC2CC2)cc2c1CC1CC3[C@H](N(C)C)C(=O)C(C(N)=O)=C(O)[C@@]3(O)C(=O)C1=C2O. The molecule has 0 heterocycles. The van der Waals surface area contributed by atoms with Crippen LogP contribution in [0.15, 0.2) is 29.0 Å². The molecule has 0 radical (unpaired) electrons. The molecule has 0 aliphatic heterocycles. The van der Waals surface area contributed by atoms with E-state index in [2.05, 4.69) is 16.2 Å². The van der Waals surface area contributed by atoms with Gasteiger partial charge in [0.05, 0.1) is 6.04 Å². The van der Waals surface area contributed by atoms with Gasteiger partial charge in [0.1, 0.15) is 17.1 Å². The lowest BCUT2D eigenvalue weighted by atomic mass is 9.57. The van der Waals surface area contributed by atoms with Crippen molar-refractivity contribution in [2.75, 3.05) is 38.4 Å². The van der Waals surface area contributed by atoms with E-state index in [0.29, 0.717) is 11.4 Å². The van der Waals surface area contributed by atoms with Gasteiger partial charge >= 0.3 is 6.03 Å².